The number of hydrogen-bond donors (Lipinski definition) is 0. The van der Waals surface area contributed by atoms with E-state index in [0.717, 1.165) is 41.9 Å². The van der Waals surface area contributed by atoms with Gasteiger partial charge < -0.3 is 4.74 Å². The summed E-state index contributed by atoms with van der Waals surface area (Å²) in [5.74, 6) is 0.272. The van der Waals surface area contributed by atoms with Crippen molar-refractivity contribution >= 4 is 74.8 Å². The van der Waals surface area contributed by atoms with E-state index in [-0.39, 0.29) is 35.5 Å². The molecule has 1 saturated heterocycles. The lowest BCUT2D eigenvalue weighted by molar-refractivity contribution is -0.140. The standard InChI is InChI=1S/C24H19ClI2N2O3/c25-17-4-2-1-3-16(17)12-32-22-18(26)9-13(10-19(22)27)11-28-29-23(30)20-14-5-6-15(8-7-14)21(20)24(29)31/h1-6,9-11,14-15,20-21H,7-8,12H2/b28-11-/t14-,15-,20-,21-/m0/s1. The highest BCUT2D eigenvalue weighted by molar-refractivity contribution is 14.1. The minimum Gasteiger partial charge on any atom is -0.487 e. The van der Waals surface area contributed by atoms with Crippen LogP contribution in [-0.4, -0.2) is 23.0 Å². The Labute approximate surface area is 218 Å². The first-order valence-electron chi connectivity index (χ1n) is 10.4. The van der Waals surface area contributed by atoms with Crippen molar-refractivity contribution in [3.05, 3.63) is 71.8 Å². The molecular formula is C24H19ClI2N2O3. The van der Waals surface area contributed by atoms with Gasteiger partial charge in [0.25, 0.3) is 11.8 Å². The molecule has 5 nitrogen and oxygen atoms in total. The molecular weight excluding hydrogens is 654 g/mol. The van der Waals surface area contributed by atoms with Crippen molar-refractivity contribution in [2.75, 3.05) is 0 Å². The molecule has 2 aromatic carbocycles. The van der Waals surface area contributed by atoms with Gasteiger partial charge in [0.05, 0.1) is 25.2 Å². The molecule has 4 atom stereocenters. The highest BCUT2D eigenvalue weighted by Gasteiger charge is 2.56. The lowest BCUT2D eigenvalue weighted by Gasteiger charge is -2.37. The smallest absolute Gasteiger partial charge is 0.254 e. The fraction of sp³-hybridized carbons (Fsp3) is 0.292. The lowest BCUT2D eigenvalue weighted by atomic mass is 9.63. The van der Waals surface area contributed by atoms with Gasteiger partial charge in [-0.1, -0.05) is 42.0 Å². The molecule has 0 aromatic heterocycles. The molecule has 0 N–H and O–H groups in total. The number of carbonyl (C=O) groups excluding carboxylic acids is 2. The third-order valence-electron chi connectivity index (χ3n) is 6.41. The molecule has 2 aromatic rings. The van der Waals surface area contributed by atoms with Gasteiger partial charge in [-0.15, -0.1) is 0 Å². The first-order chi connectivity index (χ1) is 15.4. The average Bonchev–Trinajstić information content (AvgIpc) is 3.05. The molecule has 2 bridgehead atoms. The molecule has 4 aliphatic rings. The largest absolute Gasteiger partial charge is 0.487 e. The summed E-state index contributed by atoms with van der Waals surface area (Å²) in [6.45, 7) is 0.370. The van der Waals surface area contributed by atoms with Gasteiger partial charge in [0.15, 0.2) is 0 Å². The Morgan fingerprint density at radius 3 is 2.19 bits per heavy atom. The van der Waals surface area contributed by atoms with Crippen molar-refractivity contribution in [1.29, 1.82) is 0 Å². The van der Waals surface area contributed by atoms with E-state index in [1.165, 1.54) is 0 Å². The quantitative estimate of drug-likeness (QED) is 0.179. The summed E-state index contributed by atoms with van der Waals surface area (Å²) in [5.41, 5.74) is 1.72. The summed E-state index contributed by atoms with van der Waals surface area (Å²) in [7, 11) is 0. The molecule has 1 heterocycles. The number of imide groups is 1. The Kier molecular flexibility index (Phi) is 6.32. The summed E-state index contributed by atoms with van der Waals surface area (Å²) in [4.78, 5) is 25.8. The van der Waals surface area contributed by atoms with Crippen molar-refractivity contribution in [1.82, 2.24) is 5.01 Å². The molecule has 8 heteroatoms. The van der Waals surface area contributed by atoms with Gasteiger partial charge in [-0.25, -0.2) is 0 Å². The monoisotopic (exact) mass is 672 g/mol. The third-order valence-corrected chi connectivity index (χ3v) is 8.38. The van der Waals surface area contributed by atoms with E-state index in [9.17, 15) is 9.59 Å². The van der Waals surface area contributed by atoms with Gasteiger partial charge in [-0.05, 0) is 93.6 Å². The summed E-state index contributed by atoms with van der Waals surface area (Å²) < 4.78 is 7.86. The predicted molar refractivity (Wildman–Crippen MR) is 139 cm³/mol. The van der Waals surface area contributed by atoms with Crippen molar-refractivity contribution in [3.63, 3.8) is 0 Å². The minimum absolute atomic E-state index is 0.165. The second kappa shape index (κ2) is 9.06. The van der Waals surface area contributed by atoms with Gasteiger partial charge in [0.1, 0.15) is 12.4 Å². The molecule has 32 heavy (non-hydrogen) atoms. The van der Waals surface area contributed by atoms with E-state index in [1.54, 1.807) is 6.21 Å². The van der Waals surface area contributed by atoms with Crippen LogP contribution >= 0.6 is 56.8 Å². The van der Waals surface area contributed by atoms with Gasteiger partial charge in [-0.2, -0.15) is 10.1 Å². The van der Waals surface area contributed by atoms with Crippen LogP contribution in [-0.2, 0) is 16.2 Å². The average molecular weight is 673 g/mol. The maximum Gasteiger partial charge on any atom is 0.254 e. The van der Waals surface area contributed by atoms with Gasteiger partial charge >= 0.3 is 0 Å². The SMILES string of the molecule is O=C1[C@@H]2[C@@H](C(=O)N1/N=C\c1cc(I)c(OCc3ccccc3Cl)c(I)c1)[C@H]1C=C[C@H]2CC1. The number of hydrogen-bond acceptors (Lipinski definition) is 4. The van der Waals surface area contributed by atoms with Crippen LogP contribution in [0.3, 0.4) is 0 Å². The fourth-order valence-corrected chi connectivity index (χ4v) is 7.17. The number of amides is 2. The molecule has 2 amide bonds. The number of halogens is 3. The Bertz CT molecular complexity index is 1110. The van der Waals surface area contributed by atoms with Crippen LogP contribution in [0, 0.1) is 30.8 Å². The Balaban J connectivity index is 1.32. The van der Waals surface area contributed by atoms with E-state index < -0.39 is 0 Å². The first kappa shape index (κ1) is 22.3. The zero-order chi connectivity index (χ0) is 22.4. The van der Waals surface area contributed by atoms with Gasteiger partial charge in [-0.3, -0.25) is 9.59 Å². The number of carbonyl (C=O) groups is 2. The number of rotatable bonds is 5. The van der Waals surface area contributed by atoms with E-state index in [4.69, 9.17) is 16.3 Å². The number of fused-ring (bicyclic) bond motifs is 1. The van der Waals surface area contributed by atoms with Crippen LogP contribution in [0.15, 0.2) is 53.7 Å². The maximum absolute atomic E-state index is 12.9. The zero-order valence-electron chi connectivity index (χ0n) is 16.9. The normalized spacial score (nSPS) is 26.3. The Morgan fingerprint density at radius 2 is 1.62 bits per heavy atom. The van der Waals surface area contributed by atoms with Crippen LogP contribution in [0.2, 0.25) is 5.02 Å². The highest BCUT2D eigenvalue weighted by Crippen LogP contribution is 2.49. The first-order valence-corrected chi connectivity index (χ1v) is 12.9. The zero-order valence-corrected chi connectivity index (χ0v) is 22.0. The highest BCUT2D eigenvalue weighted by atomic mass is 127. The molecule has 0 spiro atoms. The Morgan fingerprint density at radius 1 is 1.03 bits per heavy atom. The number of benzene rings is 2. The number of nitrogens with zero attached hydrogens (tertiary/aromatic N) is 2. The van der Waals surface area contributed by atoms with Crippen LogP contribution in [0.4, 0.5) is 0 Å². The van der Waals surface area contributed by atoms with E-state index in [0.29, 0.717) is 11.6 Å². The minimum atomic E-state index is -0.246. The van der Waals surface area contributed by atoms with Gasteiger partial charge in [0.2, 0.25) is 0 Å². The van der Waals surface area contributed by atoms with Crippen molar-refractivity contribution < 1.29 is 14.3 Å². The van der Waals surface area contributed by atoms with Crippen molar-refractivity contribution in [2.45, 2.75) is 19.4 Å². The second-order valence-electron chi connectivity index (χ2n) is 8.27. The number of allylic oxidation sites excluding steroid dienone is 2. The van der Waals surface area contributed by atoms with Crippen LogP contribution in [0.5, 0.6) is 5.75 Å². The third kappa shape index (κ3) is 4.00. The summed E-state index contributed by atoms with van der Waals surface area (Å²) in [5, 5.41) is 6.07. The maximum atomic E-state index is 12.9. The lowest BCUT2D eigenvalue weighted by Crippen LogP contribution is -2.38. The predicted octanol–water partition coefficient (Wildman–Crippen LogP) is 5.66. The van der Waals surface area contributed by atoms with Crippen LogP contribution in [0.1, 0.15) is 24.0 Å². The number of ether oxygens (including phenoxy) is 1. The topological polar surface area (TPSA) is 59.0 Å². The van der Waals surface area contributed by atoms with E-state index in [1.807, 2.05) is 36.4 Å². The fourth-order valence-electron chi connectivity index (χ4n) is 4.85. The summed E-state index contributed by atoms with van der Waals surface area (Å²) in [6, 6.07) is 11.5. The molecule has 1 aliphatic heterocycles. The number of hydrazone groups is 1. The molecule has 6 rings (SSSR count). The van der Waals surface area contributed by atoms with Gasteiger partial charge in [0, 0.05) is 10.6 Å². The summed E-state index contributed by atoms with van der Waals surface area (Å²) >= 11 is 10.7. The molecule has 0 radical (unpaired) electrons. The molecule has 3 aliphatic carbocycles. The molecule has 2 fully saturated rings. The van der Waals surface area contributed by atoms with Crippen molar-refractivity contribution in [3.8, 4) is 5.75 Å². The second-order valence-corrected chi connectivity index (χ2v) is 11.0. The molecule has 0 unspecified atom stereocenters. The van der Waals surface area contributed by atoms with Crippen LogP contribution in [0.25, 0.3) is 0 Å². The Hall–Kier alpha value is -1.46. The van der Waals surface area contributed by atoms with Crippen LogP contribution < -0.4 is 4.74 Å². The summed E-state index contributed by atoms with van der Waals surface area (Å²) in [6.07, 6.45) is 7.76. The van der Waals surface area contributed by atoms with Crippen molar-refractivity contribution in [2.24, 2.45) is 28.8 Å². The molecule has 164 valence electrons. The van der Waals surface area contributed by atoms with E-state index in [2.05, 4.69) is 62.4 Å². The molecule has 1 saturated carbocycles. The van der Waals surface area contributed by atoms with E-state index >= 15 is 0 Å².